The van der Waals surface area contributed by atoms with Crippen molar-refractivity contribution in [2.24, 2.45) is 0 Å². The van der Waals surface area contributed by atoms with Gasteiger partial charge in [-0.05, 0) is 45.6 Å². The number of carbonyl (C=O) groups is 2. The lowest BCUT2D eigenvalue weighted by molar-refractivity contribution is -0.140. The number of nitrogens with zero attached hydrogens (tertiary/aromatic N) is 1. The normalized spacial score (nSPS) is 19.2. The molecule has 23 heavy (non-hydrogen) atoms. The number of nitrogens with one attached hydrogen (secondary N) is 1. The highest BCUT2D eigenvalue weighted by Crippen LogP contribution is 2.18. The Hall–Kier alpha value is -2.04. The van der Waals surface area contributed by atoms with Crippen LogP contribution >= 0.6 is 0 Å². The summed E-state index contributed by atoms with van der Waals surface area (Å²) in [5.41, 5.74) is 0.704. The fraction of sp³-hybridized carbons (Fsp3) is 0.556. The highest BCUT2D eigenvalue weighted by atomic mass is 16.6. The van der Waals surface area contributed by atoms with E-state index in [1.165, 1.54) is 0 Å². The summed E-state index contributed by atoms with van der Waals surface area (Å²) < 4.78 is 5.39. The minimum absolute atomic E-state index is 0.101. The minimum Gasteiger partial charge on any atom is -0.436 e. The number of hydrogen-bond acceptors (Lipinski definition) is 3. The third kappa shape index (κ3) is 5.58. The van der Waals surface area contributed by atoms with Gasteiger partial charge >= 0.3 is 6.09 Å². The van der Waals surface area contributed by atoms with E-state index in [0.717, 1.165) is 18.4 Å². The Kier molecular flexibility index (Phi) is 5.64. The lowest BCUT2D eigenvalue weighted by Crippen LogP contribution is -2.45. The van der Waals surface area contributed by atoms with Crippen molar-refractivity contribution < 1.29 is 14.3 Å². The average molecular weight is 318 g/mol. The van der Waals surface area contributed by atoms with E-state index in [-0.39, 0.29) is 11.4 Å². The van der Waals surface area contributed by atoms with E-state index in [9.17, 15) is 9.59 Å². The van der Waals surface area contributed by atoms with Crippen molar-refractivity contribution in [2.75, 3.05) is 6.54 Å². The Morgan fingerprint density at radius 3 is 2.61 bits per heavy atom. The Balaban J connectivity index is 2.00. The smallest absolute Gasteiger partial charge is 0.408 e. The van der Waals surface area contributed by atoms with Gasteiger partial charge < -0.3 is 15.0 Å². The Bertz CT molecular complexity index is 537. The van der Waals surface area contributed by atoms with Crippen molar-refractivity contribution in [1.29, 1.82) is 0 Å². The first-order valence-corrected chi connectivity index (χ1v) is 8.17. The standard InChI is InChI=1S/C18H26N2O3/c1-18(2,3)19-17(22)23-15-11-7-8-12-20(16(15)21)13-14-9-5-4-6-10-14/h4-6,9-10,15H,7-8,11-13H2,1-3H3,(H,19,22)/t15-/m0/s1. The molecule has 1 aromatic carbocycles. The molecule has 1 N–H and O–H groups in total. The first-order chi connectivity index (χ1) is 10.8. The lowest BCUT2D eigenvalue weighted by atomic mass is 10.1. The highest BCUT2D eigenvalue weighted by Gasteiger charge is 2.30. The zero-order valence-corrected chi connectivity index (χ0v) is 14.2. The highest BCUT2D eigenvalue weighted by molar-refractivity contribution is 5.83. The van der Waals surface area contributed by atoms with Gasteiger partial charge in [-0.2, -0.15) is 0 Å². The molecule has 1 aromatic rings. The molecule has 1 atom stereocenters. The van der Waals surface area contributed by atoms with Crippen molar-refractivity contribution in [3.8, 4) is 0 Å². The van der Waals surface area contributed by atoms with Crippen molar-refractivity contribution in [3.05, 3.63) is 35.9 Å². The molecule has 0 radical (unpaired) electrons. The van der Waals surface area contributed by atoms with Gasteiger partial charge in [-0.25, -0.2) is 4.79 Å². The van der Waals surface area contributed by atoms with E-state index in [1.807, 2.05) is 51.1 Å². The molecule has 0 spiro atoms. The van der Waals surface area contributed by atoms with Gasteiger partial charge in [-0.3, -0.25) is 4.79 Å². The van der Waals surface area contributed by atoms with Crippen molar-refractivity contribution in [1.82, 2.24) is 10.2 Å². The monoisotopic (exact) mass is 318 g/mol. The van der Waals surface area contributed by atoms with Gasteiger partial charge in [-0.1, -0.05) is 30.3 Å². The van der Waals surface area contributed by atoms with Gasteiger partial charge in [0.1, 0.15) is 0 Å². The van der Waals surface area contributed by atoms with Crippen LogP contribution in [-0.4, -0.2) is 35.1 Å². The summed E-state index contributed by atoms with van der Waals surface area (Å²) >= 11 is 0. The summed E-state index contributed by atoms with van der Waals surface area (Å²) in [7, 11) is 0. The Morgan fingerprint density at radius 2 is 1.96 bits per heavy atom. The van der Waals surface area contributed by atoms with Crippen LogP contribution in [0.25, 0.3) is 0 Å². The first kappa shape index (κ1) is 17.3. The Morgan fingerprint density at radius 1 is 1.26 bits per heavy atom. The van der Waals surface area contributed by atoms with Crippen LogP contribution in [0.2, 0.25) is 0 Å². The van der Waals surface area contributed by atoms with Gasteiger partial charge in [-0.15, -0.1) is 0 Å². The number of rotatable bonds is 3. The number of benzene rings is 1. The molecular formula is C18H26N2O3. The second-order valence-corrected chi connectivity index (χ2v) is 7.01. The average Bonchev–Trinajstić information content (AvgIpc) is 2.62. The number of carbonyl (C=O) groups excluding carboxylic acids is 2. The molecule has 5 nitrogen and oxygen atoms in total. The van der Waals surface area contributed by atoms with Crippen LogP contribution in [-0.2, 0) is 16.1 Å². The first-order valence-electron chi connectivity index (χ1n) is 8.17. The maximum Gasteiger partial charge on any atom is 0.408 e. The predicted octanol–water partition coefficient (Wildman–Crippen LogP) is 3.09. The Labute approximate surface area is 138 Å². The van der Waals surface area contributed by atoms with Crippen LogP contribution in [0.3, 0.4) is 0 Å². The molecule has 5 heteroatoms. The zero-order chi connectivity index (χ0) is 16.9. The van der Waals surface area contributed by atoms with E-state index in [2.05, 4.69) is 5.32 Å². The molecule has 2 rings (SSSR count). The van der Waals surface area contributed by atoms with Gasteiger partial charge in [0.15, 0.2) is 6.10 Å². The quantitative estimate of drug-likeness (QED) is 0.931. The fourth-order valence-electron chi connectivity index (χ4n) is 2.60. The van der Waals surface area contributed by atoms with Gasteiger partial charge in [0.25, 0.3) is 5.91 Å². The topological polar surface area (TPSA) is 58.6 Å². The van der Waals surface area contributed by atoms with Crippen LogP contribution in [0.4, 0.5) is 4.79 Å². The SMILES string of the molecule is CC(C)(C)NC(=O)O[C@H]1CCCCN(Cc2ccccc2)C1=O. The number of likely N-dealkylation sites (tertiary alicyclic amines) is 1. The minimum atomic E-state index is -0.691. The molecule has 1 saturated heterocycles. The predicted molar refractivity (Wildman–Crippen MR) is 88.9 cm³/mol. The molecule has 0 aliphatic carbocycles. The van der Waals surface area contributed by atoms with E-state index in [4.69, 9.17) is 4.74 Å². The number of amides is 2. The molecule has 0 bridgehead atoms. The molecule has 2 amide bonds. The number of ether oxygens (including phenoxy) is 1. The van der Waals surface area contributed by atoms with Crippen LogP contribution in [0.5, 0.6) is 0 Å². The molecule has 1 fully saturated rings. The third-order valence-corrected chi connectivity index (χ3v) is 3.67. The van der Waals surface area contributed by atoms with E-state index < -0.39 is 12.2 Å². The van der Waals surface area contributed by atoms with Crippen LogP contribution < -0.4 is 5.32 Å². The van der Waals surface area contributed by atoms with Gasteiger partial charge in [0.2, 0.25) is 0 Å². The summed E-state index contributed by atoms with van der Waals surface area (Å²) in [5.74, 6) is -0.101. The molecular weight excluding hydrogens is 292 g/mol. The van der Waals surface area contributed by atoms with E-state index >= 15 is 0 Å². The fourth-order valence-corrected chi connectivity index (χ4v) is 2.60. The van der Waals surface area contributed by atoms with Crippen LogP contribution in [0.15, 0.2) is 30.3 Å². The molecule has 0 aromatic heterocycles. The summed E-state index contributed by atoms with van der Waals surface area (Å²) in [4.78, 5) is 26.4. The molecule has 0 unspecified atom stereocenters. The van der Waals surface area contributed by atoms with Crippen molar-refractivity contribution in [3.63, 3.8) is 0 Å². The molecule has 1 aliphatic rings. The molecule has 0 saturated carbocycles. The van der Waals surface area contributed by atoms with Crippen LogP contribution in [0, 0.1) is 0 Å². The van der Waals surface area contributed by atoms with Gasteiger partial charge in [0.05, 0.1) is 0 Å². The maximum atomic E-state index is 12.7. The molecule has 1 heterocycles. The van der Waals surface area contributed by atoms with Gasteiger partial charge in [0, 0.05) is 18.6 Å². The second-order valence-electron chi connectivity index (χ2n) is 7.01. The van der Waals surface area contributed by atoms with E-state index in [0.29, 0.717) is 19.5 Å². The third-order valence-electron chi connectivity index (χ3n) is 3.67. The van der Waals surface area contributed by atoms with Crippen LogP contribution in [0.1, 0.15) is 45.6 Å². The summed E-state index contributed by atoms with van der Waals surface area (Å²) in [6.45, 7) is 6.90. The molecule has 1 aliphatic heterocycles. The van der Waals surface area contributed by atoms with Crippen molar-refractivity contribution >= 4 is 12.0 Å². The largest absolute Gasteiger partial charge is 0.436 e. The second kappa shape index (κ2) is 7.49. The maximum absolute atomic E-state index is 12.7. The number of alkyl carbamates (subject to hydrolysis) is 1. The summed E-state index contributed by atoms with van der Waals surface area (Å²) in [5, 5.41) is 2.74. The number of hydrogen-bond donors (Lipinski definition) is 1. The summed E-state index contributed by atoms with van der Waals surface area (Å²) in [6, 6.07) is 9.88. The zero-order valence-electron chi connectivity index (χ0n) is 14.2. The van der Waals surface area contributed by atoms with E-state index in [1.54, 1.807) is 4.90 Å². The van der Waals surface area contributed by atoms with Crippen molar-refractivity contribution in [2.45, 2.75) is 58.2 Å². The summed E-state index contributed by atoms with van der Waals surface area (Å²) in [6.07, 6.45) is 1.17. The lowest BCUT2D eigenvalue weighted by Gasteiger charge is -2.26. The molecule has 126 valence electrons.